The first-order chi connectivity index (χ1) is 9.36. The normalized spacial score (nSPS) is 12.1. The molecule has 0 bridgehead atoms. The van der Waals surface area contributed by atoms with E-state index < -0.39 is 0 Å². The molecule has 1 aromatic rings. The Hall–Kier alpha value is -1.43. The second-order valence-electron chi connectivity index (χ2n) is 4.87. The molecule has 110 valence electrons. The van der Waals surface area contributed by atoms with Gasteiger partial charge in [0.05, 0.1) is 18.6 Å². The SMILES string of the molecule is COC(=O)C(C)CN(C(=O)c1cncc(Br)c1)C(C)C. The molecule has 0 aliphatic rings. The molecule has 1 heterocycles. The van der Waals surface area contributed by atoms with Crippen molar-refractivity contribution < 1.29 is 14.3 Å². The number of hydrogen-bond acceptors (Lipinski definition) is 4. The predicted molar refractivity (Wildman–Crippen MR) is 79.3 cm³/mol. The minimum absolute atomic E-state index is 0.0198. The molecule has 0 aliphatic carbocycles. The third-order valence-electron chi connectivity index (χ3n) is 2.91. The zero-order chi connectivity index (χ0) is 15.3. The van der Waals surface area contributed by atoms with Crippen LogP contribution in [0.5, 0.6) is 0 Å². The average molecular weight is 343 g/mol. The molecule has 1 aromatic heterocycles. The third kappa shape index (κ3) is 4.30. The van der Waals surface area contributed by atoms with Crippen LogP contribution in [0.1, 0.15) is 31.1 Å². The lowest BCUT2D eigenvalue weighted by molar-refractivity contribution is -0.145. The molecule has 0 saturated carbocycles. The molecule has 1 amide bonds. The van der Waals surface area contributed by atoms with Gasteiger partial charge in [0, 0.05) is 29.5 Å². The number of carbonyl (C=O) groups is 2. The van der Waals surface area contributed by atoms with Crippen LogP contribution in [-0.4, -0.2) is 41.5 Å². The average Bonchev–Trinajstić information content (AvgIpc) is 2.42. The maximum atomic E-state index is 12.5. The highest BCUT2D eigenvalue weighted by atomic mass is 79.9. The molecule has 0 aromatic carbocycles. The van der Waals surface area contributed by atoms with Crippen molar-refractivity contribution in [1.82, 2.24) is 9.88 Å². The Morgan fingerprint density at radius 3 is 2.50 bits per heavy atom. The maximum Gasteiger partial charge on any atom is 0.310 e. The summed E-state index contributed by atoms with van der Waals surface area (Å²) < 4.78 is 5.44. The lowest BCUT2D eigenvalue weighted by Crippen LogP contribution is -2.41. The van der Waals surface area contributed by atoms with Gasteiger partial charge in [-0.25, -0.2) is 0 Å². The molecule has 0 aliphatic heterocycles. The number of methoxy groups -OCH3 is 1. The zero-order valence-electron chi connectivity index (χ0n) is 12.1. The Labute approximate surface area is 127 Å². The van der Waals surface area contributed by atoms with Crippen molar-refractivity contribution in [3.05, 3.63) is 28.5 Å². The van der Waals surface area contributed by atoms with Gasteiger partial charge in [-0.3, -0.25) is 14.6 Å². The highest BCUT2D eigenvalue weighted by molar-refractivity contribution is 9.10. The first-order valence-corrected chi connectivity index (χ1v) is 7.15. The summed E-state index contributed by atoms with van der Waals surface area (Å²) in [6.07, 6.45) is 3.14. The first kappa shape index (κ1) is 16.6. The van der Waals surface area contributed by atoms with E-state index in [2.05, 4.69) is 20.9 Å². The number of ether oxygens (including phenoxy) is 1. The number of hydrogen-bond donors (Lipinski definition) is 0. The minimum atomic E-state index is -0.369. The molecule has 1 rings (SSSR count). The van der Waals surface area contributed by atoms with Gasteiger partial charge >= 0.3 is 5.97 Å². The van der Waals surface area contributed by atoms with Crippen LogP contribution >= 0.6 is 15.9 Å². The fraction of sp³-hybridized carbons (Fsp3) is 0.500. The standard InChI is InChI=1S/C14H19BrN2O3/c1-9(2)17(8-10(3)14(19)20-4)13(18)11-5-12(15)7-16-6-11/h5-7,9-10H,8H2,1-4H3. The number of esters is 1. The van der Waals surface area contributed by atoms with Crippen LogP contribution in [0.25, 0.3) is 0 Å². The Balaban J connectivity index is 2.91. The van der Waals surface area contributed by atoms with E-state index >= 15 is 0 Å². The van der Waals surface area contributed by atoms with E-state index in [0.29, 0.717) is 12.1 Å². The van der Waals surface area contributed by atoms with Crippen molar-refractivity contribution in [2.24, 2.45) is 5.92 Å². The van der Waals surface area contributed by atoms with E-state index in [9.17, 15) is 9.59 Å². The molecule has 1 unspecified atom stereocenters. The van der Waals surface area contributed by atoms with Crippen molar-refractivity contribution in [2.45, 2.75) is 26.8 Å². The summed E-state index contributed by atoms with van der Waals surface area (Å²) in [6.45, 7) is 5.88. The number of rotatable bonds is 5. The minimum Gasteiger partial charge on any atom is -0.469 e. The number of halogens is 1. The largest absolute Gasteiger partial charge is 0.469 e. The second kappa shape index (κ2) is 7.38. The van der Waals surface area contributed by atoms with Gasteiger partial charge in [0.25, 0.3) is 5.91 Å². The van der Waals surface area contributed by atoms with Crippen molar-refractivity contribution >= 4 is 27.8 Å². The predicted octanol–water partition coefficient (Wildman–Crippen LogP) is 2.50. The van der Waals surface area contributed by atoms with Crippen LogP contribution in [0.4, 0.5) is 0 Å². The fourth-order valence-electron chi connectivity index (χ4n) is 1.79. The van der Waals surface area contributed by atoms with Crippen molar-refractivity contribution in [2.75, 3.05) is 13.7 Å². The molecular weight excluding hydrogens is 324 g/mol. The van der Waals surface area contributed by atoms with Gasteiger partial charge in [-0.15, -0.1) is 0 Å². The number of pyridine rings is 1. The van der Waals surface area contributed by atoms with Crippen LogP contribution in [0.2, 0.25) is 0 Å². The Kier molecular flexibility index (Phi) is 6.13. The number of carbonyl (C=O) groups excluding carboxylic acids is 2. The molecule has 0 N–H and O–H groups in total. The molecule has 0 fully saturated rings. The summed E-state index contributed by atoms with van der Waals surface area (Å²) in [5, 5.41) is 0. The van der Waals surface area contributed by atoms with Crippen LogP contribution in [0, 0.1) is 5.92 Å². The Bertz CT molecular complexity index is 491. The summed E-state index contributed by atoms with van der Waals surface area (Å²) in [6, 6.07) is 1.70. The number of amides is 1. The van der Waals surface area contributed by atoms with Gasteiger partial charge in [-0.05, 0) is 35.8 Å². The molecule has 0 spiro atoms. The van der Waals surface area contributed by atoms with Crippen molar-refractivity contribution in [3.63, 3.8) is 0 Å². The van der Waals surface area contributed by atoms with Gasteiger partial charge in [0.2, 0.25) is 0 Å². The fourth-order valence-corrected chi connectivity index (χ4v) is 2.16. The molecule has 5 nitrogen and oxygen atoms in total. The highest BCUT2D eigenvalue weighted by Crippen LogP contribution is 2.15. The summed E-state index contributed by atoms with van der Waals surface area (Å²) in [7, 11) is 1.35. The summed E-state index contributed by atoms with van der Waals surface area (Å²) in [4.78, 5) is 29.6. The smallest absolute Gasteiger partial charge is 0.310 e. The van der Waals surface area contributed by atoms with E-state index in [0.717, 1.165) is 4.47 Å². The molecule has 0 radical (unpaired) electrons. The molecule has 1 atom stereocenters. The van der Waals surface area contributed by atoms with Crippen molar-refractivity contribution in [1.29, 1.82) is 0 Å². The highest BCUT2D eigenvalue weighted by Gasteiger charge is 2.24. The Morgan fingerprint density at radius 2 is 2.00 bits per heavy atom. The molecule has 6 heteroatoms. The summed E-state index contributed by atoms with van der Waals surface area (Å²) >= 11 is 3.29. The van der Waals surface area contributed by atoms with E-state index in [1.54, 1.807) is 24.1 Å². The lowest BCUT2D eigenvalue weighted by atomic mass is 10.1. The second-order valence-corrected chi connectivity index (χ2v) is 5.78. The van der Waals surface area contributed by atoms with Gasteiger partial charge in [0.1, 0.15) is 0 Å². The van der Waals surface area contributed by atoms with E-state index in [1.165, 1.54) is 13.3 Å². The third-order valence-corrected chi connectivity index (χ3v) is 3.34. The number of aromatic nitrogens is 1. The van der Waals surface area contributed by atoms with Gasteiger partial charge < -0.3 is 9.64 Å². The quantitative estimate of drug-likeness (QED) is 0.771. The van der Waals surface area contributed by atoms with Crippen LogP contribution < -0.4 is 0 Å². The lowest BCUT2D eigenvalue weighted by Gasteiger charge is -2.28. The van der Waals surface area contributed by atoms with E-state index in [-0.39, 0.29) is 23.8 Å². The monoisotopic (exact) mass is 342 g/mol. The molecule has 20 heavy (non-hydrogen) atoms. The maximum absolute atomic E-state index is 12.5. The number of nitrogens with zero attached hydrogens (tertiary/aromatic N) is 2. The van der Waals surface area contributed by atoms with Crippen molar-refractivity contribution in [3.8, 4) is 0 Å². The topological polar surface area (TPSA) is 59.5 Å². The molecular formula is C14H19BrN2O3. The summed E-state index contributed by atoms with van der Waals surface area (Å²) in [5.41, 5.74) is 0.491. The Morgan fingerprint density at radius 1 is 1.35 bits per heavy atom. The van der Waals surface area contributed by atoms with Gasteiger partial charge in [0.15, 0.2) is 0 Å². The molecule has 0 saturated heterocycles. The van der Waals surface area contributed by atoms with Gasteiger partial charge in [-0.1, -0.05) is 6.92 Å². The van der Waals surface area contributed by atoms with Crippen LogP contribution in [0.3, 0.4) is 0 Å². The van der Waals surface area contributed by atoms with Gasteiger partial charge in [-0.2, -0.15) is 0 Å². The van der Waals surface area contributed by atoms with E-state index in [1.807, 2.05) is 13.8 Å². The zero-order valence-corrected chi connectivity index (χ0v) is 13.7. The van der Waals surface area contributed by atoms with Crippen LogP contribution in [0.15, 0.2) is 22.9 Å². The first-order valence-electron chi connectivity index (χ1n) is 6.36. The summed E-state index contributed by atoms with van der Waals surface area (Å²) in [5.74, 6) is -0.841. The van der Waals surface area contributed by atoms with Crippen LogP contribution in [-0.2, 0) is 9.53 Å². The van der Waals surface area contributed by atoms with E-state index in [4.69, 9.17) is 4.74 Å².